The molecule has 0 atom stereocenters. The van der Waals surface area contributed by atoms with Crippen molar-refractivity contribution in [2.75, 3.05) is 13.7 Å². The molecule has 0 bridgehead atoms. The molecular weight excluding hydrogens is 330 g/mol. The van der Waals surface area contributed by atoms with Gasteiger partial charge in [0.15, 0.2) is 17.5 Å². The fourth-order valence-electron chi connectivity index (χ4n) is 2.10. The first-order valence-electron chi connectivity index (χ1n) is 7.64. The summed E-state index contributed by atoms with van der Waals surface area (Å²) in [6, 6.07) is 10.4. The van der Waals surface area contributed by atoms with E-state index in [9.17, 15) is 8.78 Å². The molecule has 0 radical (unpaired) electrons. The lowest BCUT2D eigenvalue weighted by molar-refractivity contribution is -0.0512. The standard InChI is InChI=1S/C17H20F2N4O2/c1-24-14-6-5-12(10-15(14)25-16(18)19)11-23-17(20)22-9-7-13-4-2-3-8-21-13/h2-6,8,10,16H,7,9,11H2,1H3,(H3,20,22,23). The zero-order chi connectivity index (χ0) is 18.1. The molecule has 0 aliphatic rings. The second-order valence-electron chi connectivity index (χ2n) is 5.06. The number of aromatic nitrogens is 1. The number of nitrogens with one attached hydrogen (secondary N) is 1. The molecule has 0 spiro atoms. The topological polar surface area (TPSA) is 81.8 Å². The van der Waals surface area contributed by atoms with Crippen molar-refractivity contribution in [1.29, 1.82) is 0 Å². The minimum absolute atomic E-state index is 0.0353. The van der Waals surface area contributed by atoms with E-state index in [0.717, 1.165) is 5.69 Å². The number of rotatable bonds is 8. The number of pyridine rings is 1. The first-order chi connectivity index (χ1) is 12.1. The van der Waals surface area contributed by atoms with Gasteiger partial charge in [-0.25, -0.2) is 4.99 Å². The first-order valence-corrected chi connectivity index (χ1v) is 7.64. The van der Waals surface area contributed by atoms with Crippen molar-refractivity contribution in [3.8, 4) is 11.5 Å². The highest BCUT2D eigenvalue weighted by molar-refractivity contribution is 5.77. The number of aliphatic imine (C=N–C) groups is 1. The zero-order valence-corrected chi connectivity index (χ0v) is 13.8. The number of guanidine groups is 1. The third kappa shape index (κ3) is 6.25. The van der Waals surface area contributed by atoms with E-state index in [1.54, 1.807) is 18.3 Å². The van der Waals surface area contributed by atoms with Crippen LogP contribution in [0.5, 0.6) is 11.5 Å². The largest absolute Gasteiger partial charge is 0.493 e. The van der Waals surface area contributed by atoms with Gasteiger partial charge >= 0.3 is 6.61 Å². The number of methoxy groups -OCH3 is 1. The number of hydrogen-bond acceptors (Lipinski definition) is 4. The molecule has 2 aromatic rings. The highest BCUT2D eigenvalue weighted by atomic mass is 19.3. The minimum atomic E-state index is -2.93. The number of nitrogens with zero attached hydrogens (tertiary/aromatic N) is 2. The molecule has 1 aromatic heterocycles. The average Bonchev–Trinajstić information content (AvgIpc) is 2.60. The Morgan fingerprint density at radius 1 is 1.28 bits per heavy atom. The molecule has 6 nitrogen and oxygen atoms in total. The summed E-state index contributed by atoms with van der Waals surface area (Å²) in [6.07, 6.45) is 2.45. The van der Waals surface area contributed by atoms with E-state index in [1.165, 1.54) is 13.2 Å². The summed E-state index contributed by atoms with van der Waals surface area (Å²) in [5.74, 6) is 0.462. The molecule has 0 saturated heterocycles. The molecule has 0 amide bonds. The van der Waals surface area contributed by atoms with Gasteiger partial charge in [-0.2, -0.15) is 8.78 Å². The lowest BCUT2D eigenvalue weighted by Crippen LogP contribution is -2.33. The van der Waals surface area contributed by atoms with E-state index in [2.05, 4.69) is 20.0 Å². The summed E-state index contributed by atoms with van der Waals surface area (Å²) in [4.78, 5) is 8.39. The SMILES string of the molecule is COc1ccc(CN=C(N)NCCc2ccccn2)cc1OC(F)F. The first kappa shape index (κ1) is 18.4. The van der Waals surface area contributed by atoms with Crippen LogP contribution in [0.25, 0.3) is 0 Å². The van der Waals surface area contributed by atoms with Gasteiger partial charge in [-0.15, -0.1) is 0 Å². The van der Waals surface area contributed by atoms with Gasteiger partial charge in [0.25, 0.3) is 0 Å². The van der Waals surface area contributed by atoms with Crippen LogP contribution in [0.15, 0.2) is 47.6 Å². The van der Waals surface area contributed by atoms with Crippen LogP contribution in [0.3, 0.4) is 0 Å². The maximum atomic E-state index is 12.4. The van der Waals surface area contributed by atoms with Crippen molar-refractivity contribution in [2.24, 2.45) is 10.7 Å². The summed E-state index contributed by atoms with van der Waals surface area (Å²) < 4.78 is 34.3. The Balaban J connectivity index is 1.89. The van der Waals surface area contributed by atoms with Gasteiger partial charge in [0, 0.05) is 24.9 Å². The lowest BCUT2D eigenvalue weighted by Gasteiger charge is -2.11. The van der Waals surface area contributed by atoms with Crippen molar-refractivity contribution < 1.29 is 18.3 Å². The lowest BCUT2D eigenvalue weighted by atomic mass is 10.2. The highest BCUT2D eigenvalue weighted by Gasteiger charge is 2.11. The molecule has 8 heteroatoms. The van der Waals surface area contributed by atoms with Crippen LogP contribution in [0.4, 0.5) is 8.78 Å². The number of nitrogens with two attached hydrogens (primary N) is 1. The van der Waals surface area contributed by atoms with Gasteiger partial charge in [-0.1, -0.05) is 12.1 Å². The van der Waals surface area contributed by atoms with Gasteiger partial charge in [-0.05, 0) is 29.8 Å². The summed E-state index contributed by atoms with van der Waals surface area (Å²) in [7, 11) is 1.38. The van der Waals surface area contributed by atoms with Crippen LogP contribution in [-0.4, -0.2) is 31.2 Å². The van der Waals surface area contributed by atoms with Gasteiger partial charge in [0.1, 0.15) is 0 Å². The third-order valence-electron chi connectivity index (χ3n) is 3.29. The van der Waals surface area contributed by atoms with Crippen molar-refractivity contribution in [3.63, 3.8) is 0 Å². The Hall–Kier alpha value is -2.90. The molecule has 0 fully saturated rings. The zero-order valence-electron chi connectivity index (χ0n) is 13.8. The Morgan fingerprint density at radius 3 is 2.80 bits per heavy atom. The van der Waals surface area contributed by atoms with Gasteiger partial charge in [-0.3, -0.25) is 4.98 Å². The predicted octanol–water partition coefficient (Wildman–Crippen LogP) is 2.34. The quantitative estimate of drug-likeness (QED) is 0.564. The summed E-state index contributed by atoms with van der Waals surface area (Å²) in [5.41, 5.74) is 7.43. The molecule has 0 saturated carbocycles. The molecule has 3 N–H and O–H groups in total. The van der Waals surface area contributed by atoms with Crippen LogP contribution < -0.4 is 20.5 Å². The summed E-state index contributed by atoms with van der Waals surface area (Å²) in [5, 5.41) is 2.98. The van der Waals surface area contributed by atoms with E-state index in [0.29, 0.717) is 18.5 Å². The monoisotopic (exact) mass is 350 g/mol. The predicted molar refractivity (Wildman–Crippen MR) is 90.9 cm³/mol. The molecule has 1 aromatic carbocycles. The molecule has 0 unspecified atom stereocenters. The highest BCUT2D eigenvalue weighted by Crippen LogP contribution is 2.29. The summed E-state index contributed by atoms with van der Waals surface area (Å²) >= 11 is 0. The third-order valence-corrected chi connectivity index (χ3v) is 3.29. The van der Waals surface area contributed by atoms with E-state index >= 15 is 0 Å². The van der Waals surface area contributed by atoms with Crippen molar-refractivity contribution >= 4 is 5.96 Å². The Bertz CT molecular complexity index is 696. The van der Waals surface area contributed by atoms with Gasteiger partial charge < -0.3 is 20.5 Å². The number of ether oxygens (including phenoxy) is 2. The van der Waals surface area contributed by atoms with Crippen LogP contribution in [0, 0.1) is 0 Å². The van der Waals surface area contributed by atoms with Crippen LogP contribution in [0.1, 0.15) is 11.3 Å². The average molecular weight is 350 g/mol. The summed E-state index contributed by atoms with van der Waals surface area (Å²) in [6.45, 7) is -2.10. The molecule has 0 aliphatic heterocycles. The molecule has 2 rings (SSSR count). The van der Waals surface area contributed by atoms with E-state index in [-0.39, 0.29) is 24.0 Å². The normalized spacial score (nSPS) is 11.4. The minimum Gasteiger partial charge on any atom is -0.493 e. The Morgan fingerprint density at radius 2 is 2.12 bits per heavy atom. The van der Waals surface area contributed by atoms with E-state index < -0.39 is 6.61 Å². The number of alkyl halides is 2. The molecule has 134 valence electrons. The molecule has 0 aliphatic carbocycles. The smallest absolute Gasteiger partial charge is 0.387 e. The van der Waals surface area contributed by atoms with E-state index in [1.807, 2.05) is 18.2 Å². The second-order valence-corrected chi connectivity index (χ2v) is 5.06. The molecular formula is C17H20F2N4O2. The second kappa shape index (κ2) is 9.41. The maximum absolute atomic E-state index is 12.4. The van der Waals surface area contributed by atoms with Crippen molar-refractivity contribution in [3.05, 3.63) is 53.9 Å². The van der Waals surface area contributed by atoms with Gasteiger partial charge in [0.2, 0.25) is 0 Å². The number of benzene rings is 1. The van der Waals surface area contributed by atoms with Crippen LogP contribution in [-0.2, 0) is 13.0 Å². The molecule has 1 heterocycles. The Labute approximate surface area is 144 Å². The Kier molecular flexibility index (Phi) is 6.94. The van der Waals surface area contributed by atoms with Crippen LogP contribution >= 0.6 is 0 Å². The van der Waals surface area contributed by atoms with Crippen molar-refractivity contribution in [1.82, 2.24) is 10.3 Å². The number of halogens is 2. The fourth-order valence-corrected chi connectivity index (χ4v) is 2.10. The fraction of sp³-hybridized carbons (Fsp3) is 0.294. The number of hydrogen-bond donors (Lipinski definition) is 2. The van der Waals surface area contributed by atoms with E-state index in [4.69, 9.17) is 10.5 Å². The molecule has 25 heavy (non-hydrogen) atoms. The van der Waals surface area contributed by atoms with Gasteiger partial charge in [0.05, 0.1) is 13.7 Å². The van der Waals surface area contributed by atoms with Crippen molar-refractivity contribution in [2.45, 2.75) is 19.6 Å². The van der Waals surface area contributed by atoms with Crippen LogP contribution in [0.2, 0.25) is 0 Å². The maximum Gasteiger partial charge on any atom is 0.387 e.